The van der Waals surface area contributed by atoms with E-state index in [4.69, 9.17) is 4.74 Å². The van der Waals surface area contributed by atoms with Gasteiger partial charge in [0.2, 0.25) is 0 Å². The smallest absolute Gasteiger partial charge is 0.260 e. The molecular weight excluding hydrogens is 484 g/mol. The molecular formula is C26H25BrN2O2S. The third-order valence-corrected chi connectivity index (χ3v) is 6.81. The third-order valence-electron chi connectivity index (χ3n) is 5.16. The molecule has 6 heteroatoms. The number of hydrogen-bond acceptors (Lipinski definition) is 4. The van der Waals surface area contributed by atoms with Gasteiger partial charge in [-0.25, -0.2) is 0 Å². The van der Waals surface area contributed by atoms with Crippen LogP contribution in [0.5, 0.6) is 5.75 Å². The van der Waals surface area contributed by atoms with Crippen LogP contribution in [0.3, 0.4) is 0 Å². The van der Waals surface area contributed by atoms with Crippen molar-refractivity contribution < 1.29 is 9.53 Å². The number of thioether (sulfide) groups is 1. The van der Waals surface area contributed by atoms with E-state index in [1.807, 2.05) is 36.4 Å². The molecule has 0 saturated carbocycles. The van der Waals surface area contributed by atoms with Gasteiger partial charge in [-0.3, -0.25) is 4.79 Å². The van der Waals surface area contributed by atoms with E-state index >= 15 is 0 Å². The van der Waals surface area contributed by atoms with Crippen LogP contribution in [0.1, 0.15) is 29.2 Å². The van der Waals surface area contributed by atoms with Crippen LogP contribution in [0.4, 0.5) is 5.69 Å². The molecule has 1 fully saturated rings. The highest BCUT2D eigenvalue weighted by Gasteiger charge is 2.27. The zero-order valence-corrected chi connectivity index (χ0v) is 20.4. The average molecular weight is 509 g/mol. The molecule has 0 unspecified atom stereocenters. The van der Waals surface area contributed by atoms with Gasteiger partial charge in [0.15, 0.2) is 5.50 Å². The second-order valence-electron chi connectivity index (χ2n) is 7.64. The lowest BCUT2D eigenvalue weighted by molar-refractivity contribution is -0.116. The monoisotopic (exact) mass is 508 g/mol. The van der Waals surface area contributed by atoms with E-state index in [1.54, 1.807) is 0 Å². The number of halogens is 1. The highest BCUT2D eigenvalue weighted by molar-refractivity contribution is 9.10. The Morgan fingerprint density at radius 3 is 2.47 bits per heavy atom. The summed E-state index contributed by atoms with van der Waals surface area (Å²) in [5.74, 6) is 0.694. The summed E-state index contributed by atoms with van der Waals surface area (Å²) in [6, 6.07) is 22.4. The van der Waals surface area contributed by atoms with Crippen molar-refractivity contribution in [3.05, 3.63) is 98.4 Å². The van der Waals surface area contributed by atoms with Gasteiger partial charge in [-0.2, -0.15) is 0 Å². The fraction of sp³-hybridized carbons (Fsp3) is 0.192. The Morgan fingerprint density at radius 2 is 1.78 bits per heavy atom. The van der Waals surface area contributed by atoms with Gasteiger partial charge in [-0.05, 0) is 76.3 Å². The van der Waals surface area contributed by atoms with Gasteiger partial charge in [-0.15, -0.1) is 0 Å². The van der Waals surface area contributed by atoms with Crippen molar-refractivity contribution in [1.29, 1.82) is 0 Å². The summed E-state index contributed by atoms with van der Waals surface area (Å²) in [5, 5.41) is 6.33. The van der Waals surface area contributed by atoms with Crippen molar-refractivity contribution in [2.24, 2.45) is 0 Å². The molecule has 0 aliphatic carbocycles. The van der Waals surface area contributed by atoms with Crippen LogP contribution < -0.4 is 15.4 Å². The quantitative estimate of drug-likeness (QED) is 0.357. The van der Waals surface area contributed by atoms with Crippen molar-refractivity contribution in [2.75, 3.05) is 5.32 Å². The molecule has 2 N–H and O–H groups in total. The van der Waals surface area contributed by atoms with E-state index in [0.29, 0.717) is 11.5 Å². The molecule has 0 bridgehead atoms. The van der Waals surface area contributed by atoms with Crippen molar-refractivity contribution in [3.8, 4) is 5.75 Å². The minimum Gasteiger partial charge on any atom is -0.488 e. The van der Waals surface area contributed by atoms with Crippen molar-refractivity contribution in [3.63, 3.8) is 0 Å². The summed E-state index contributed by atoms with van der Waals surface area (Å²) in [7, 11) is 0. The SMILES string of the molecule is CCc1ccc(N[C@H]2NC(=O)/C(=C/c3ccc(OCc4ccc(C)cc4)c(Br)c3)S2)cc1. The van der Waals surface area contributed by atoms with Crippen LogP contribution in [-0.4, -0.2) is 11.4 Å². The first kappa shape index (κ1) is 22.5. The van der Waals surface area contributed by atoms with Crippen molar-refractivity contribution in [2.45, 2.75) is 32.4 Å². The Morgan fingerprint density at radius 1 is 1.06 bits per heavy atom. The molecule has 3 aromatic carbocycles. The van der Waals surface area contributed by atoms with Gasteiger partial charge in [0, 0.05) is 5.69 Å². The van der Waals surface area contributed by atoms with Gasteiger partial charge in [0.05, 0.1) is 9.38 Å². The summed E-state index contributed by atoms with van der Waals surface area (Å²) >= 11 is 5.07. The van der Waals surface area contributed by atoms with Crippen LogP contribution in [0.25, 0.3) is 6.08 Å². The number of rotatable bonds is 7. The molecule has 0 aromatic heterocycles. The lowest BCUT2D eigenvalue weighted by Gasteiger charge is -2.12. The van der Waals surface area contributed by atoms with Crippen molar-refractivity contribution >= 4 is 45.4 Å². The van der Waals surface area contributed by atoms with Gasteiger partial charge in [-0.1, -0.05) is 66.7 Å². The molecule has 1 saturated heterocycles. The Labute approximate surface area is 201 Å². The highest BCUT2D eigenvalue weighted by atomic mass is 79.9. The Kier molecular flexibility index (Phi) is 7.22. The summed E-state index contributed by atoms with van der Waals surface area (Å²) in [6.07, 6.45) is 2.91. The second kappa shape index (κ2) is 10.3. The molecule has 1 heterocycles. The Hall–Kier alpha value is -2.70. The molecule has 4 nitrogen and oxygen atoms in total. The molecule has 4 rings (SSSR count). The first-order valence-corrected chi connectivity index (χ1v) is 12.2. The summed E-state index contributed by atoms with van der Waals surface area (Å²) in [6.45, 7) is 4.71. The maximum absolute atomic E-state index is 12.4. The summed E-state index contributed by atoms with van der Waals surface area (Å²) < 4.78 is 6.80. The van der Waals surface area contributed by atoms with Gasteiger partial charge < -0.3 is 15.4 Å². The van der Waals surface area contributed by atoms with Crippen LogP contribution >= 0.6 is 27.7 Å². The van der Waals surface area contributed by atoms with Crippen LogP contribution in [0.2, 0.25) is 0 Å². The maximum Gasteiger partial charge on any atom is 0.260 e. The number of anilines is 1. The zero-order chi connectivity index (χ0) is 22.5. The van der Waals surface area contributed by atoms with Gasteiger partial charge in [0.1, 0.15) is 12.4 Å². The van der Waals surface area contributed by atoms with E-state index in [1.165, 1.54) is 22.9 Å². The number of aryl methyl sites for hydroxylation is 2. The van der Waals surface area contributed by atoms with E-state index in [2.05, 4.69) is 76.8 Å². The van der Waals surface area contributed by atoms with Gasteiger partial charge in [0.25, 0.3) is 5.91 Å². The van der Waals surface area contributed by atoms with E-state index in [0.717, 1.165) is 33.5 Å². The minimum atomic E-state index is -0.193. The van der Waals surface area contributed by atoms with Crippen LogP contribution in [-0.2, 0) is 17.8 Å². The maximum atomic E-state index is 12.4. The largest absolute Gasteiger partial charge is 0.488 e. The normalized spacial score (nSPS) is 16.8. The lowest BCUT2D eigenvalue weighted by atomic mass is 10.1. The zero-order valence-electron chi connectivity index (χ0n) is 18.0. The predicted molar refractivity (Wildman–Crippen MR) is 137 cm³/mol. The standard InChI is InChI=1S/C26H25BrN2O2S/c1-3-18-8-11-21(12-9-18)28-26-29-25(30)24(32-26)15-20-10-13-23(22(27)14-20)31-16-19-6-4-17(2)5-7-19/h4-15,26,28H,3,16H2,1-2H3,(H,29,30)/b24-15-/t26-/m0/s1. The molecule has 1 atom stereocenters. The lowest BCUT2D eigenvalue weighted by Crippen LogP contribution is -2.30. The molecule has 1 aliphatic heterocycles. The van der Waals surface area contributed by atoms with E-state index in [-0.39, 0.29) is 11.4 Å². The molecule has 1 aliphatic rings. The molecule has 3 aromatic rings. The van der Waals surface area contributed by atoms with Crippen molar-refractivity contribution in [1.82, 2.24) is 5.32 Å². The fourth-order valence-electron chi connectivity index (χ4n) is 3.27. The van der Waals surface area contributed by atoms with E-state index < -0.39 is 0 Å². The Balaban J connectivity index is 1.38. The number of carbonyl (C=O) groups is 1. The predicted octanol–water partition coefficient (Wildman–Crippen LogP) is 6.50. The molecule has 32 heavy (non-hydrogen) atoms. The Bertz CT molecular complexity index is 1130. The number of hydrogen-bond donors (Lipinski definition) is 2. The van der Waals surface area contributed by atoms with Crippen LogP contribution in [0, 0.1) is 6.92 Å². The second-order valence-corrected chi connectivity index (χ2v) is 9.64. The number of carbonyl (C=O) groups excluding carboxylic acids is 1. The molecule has 0 spiro atoms. The minimum absolute atomic E-state index is 0.0755. The van der Waals surface area contributed by atoms with Crippen LogP contribution in [0.15, 0.2) is 76.1 Å². The average Bonchev–Trinajstić information content (AvgIpc) is 3.13. The third kappa shape index (κ3) is 5.75. The molecule has 164 valence electrons. The van der Waals surface area contributed by atoms with E-state index in [9.17, 15) is 4.79 Å². The highest BCUT2D eigenvalue weighted by Crippen LogP contribution is 2.32. The first-order valence-electron chi connectivity index (χ1n) is 10.5. The fourth-order valence-corrected chi connectivity index (χ4v) is 4.77. The molecule has 0 radical (unpaired) electrons. The number of nitrogens with one attached hydrogen (secondary N) is 2. The molecule has 1 amide bonds. The number of amides is 1. The topological polar surface area (TPSA) is 50.4 Å². The number of benzene rings is 3. The summed E-state index contributed by atoms with van der Waals surface area (Å²) in [4.78, 5) is 13.1. The number of ether oxygens (including phenoxy) is 1. The van der Waals surface area contributed by atoms with Gasteiger partial charge >= 0.3 is 0 Å². The summed E-state index contributed by atoms with van der Waals surface area (Å²) in [5.41, 5.74) is 5.37. The first-order chi connectivity index (χ1) is 15.5.